The highest BCUT2D eigenvalue weighted by atomic mass is 16.5. The van der Waals surface area contributed by atoms with Gasteiger partial charge in [0.2, 0.25) is 5.75 Å². The van der Waals surface area contributed by atoms with E-state index in [0.29, 0.717) is 47.5 Å². The first-order valence-corrected chi connectivity index (χ1v) is 10.4. The summed E-state index contributed by atoms with van der Waals surface area (Å²) in [5.74, 6) is 3.49. The summed E-state index contributed by atoms with van der Waals surface area (Å²) in [5.41, 5.74) is 1.82. The largest absolute Gasteiger partial charge is 0.496 e. The highest BCUT2D eigenvalue weighted by Gasteiger charge is 2.39. The molecule has 1 saturated heterocycles. The van der Waals surface area contributed by atoms with Crippen LogP contribution in [-0.2, 0) is 11.2 Å². The van der Waals surface area contributed by atoms with Crippen LogP contribution in [0.15, 0.2) is 24.3 Å². The highest BCUT2D eigenvalue weighted by molar-refractivity contribution is 5.54. The molecule has 176 valence electrons. The van der Waals surface area contributed by atoms with Crippen LogP contribution in [0.4, 0.5) is 0 Å². The fourth-order valence-electron chi connectivity index (χ4n) is 4.32. The van der Waals surface area contributed by atoms with Gasteiger partial charge >= 0.3 is 0 Å². The second-order valence-electron chi connectivity index (χ2n) is 7.54. The quantitative estimate of drug-likeness (QED) is 0.593. The van der Waals surface area contributed by atoms with Gasteiger partial charge in [-0.25, -0.2) is 0 Å². The van der Waals surface area contributed by atoms with Crippen molar-refractivity contribution in [3.63, 3.8) is 0 Å². The molecule has 3 unspecified atom stereocenters. The minimum absolute atomic E-state index is 0.0262. The van der Waals surface area contributed by atoms with E-state index in [0.717, 1.165) is 11.1 Å². The number of hydrogen-bond acceptors (Lipinski definition) is 8. The zero-order valence-electron chi connectivity index (χ0n) is 19.5. The topological polar surface area (TPSA) is 84.8 Å². The summed E-state index contributed by atoms with van der Waals surface area (Å²) < 4.78 is 39.0. The van der Waals surface area contributed by atoms with E-state index in [1.807, 2.05) is 24.3 Å². The molecule has 8 nitrogen and oxygen atoms in total. The molecule has 0 amide bonds. The second-order valence-corrected chi connectivity index (χ2v) is 7.54. The van der Waals surface area contributed by atoms with Crippen molar-refractivity contribution >= 4 is 0 Å². The van der Waals surface area contributed by atoms with E-state index in [-0.39, 0.29) is 24.5 Å². The third-order valence-electron chi connectivity index (χ3n) is 5.98. The average molecular weight is 449 g/mol. The van der Waals surface area contributed by atoms with Crippen molar-refractivity contribution < 1.29 is 38.3 Å². The van der Waals surface area contributed by atoms with Gasteiger partial charge in [0.1, 0.15) is 5.75 Å². The Labute approximate surface area is 188 Å². The molecule has 0 aromatic heterocycles. The maximum absolute atomic E-state index is 10.3. The molecule has 0 bridgehead atoms. The van der Waals surface area contributed by atoms with Crippen LogP contribution < -0.4 is 28.4 Å². The van der Waals surface area contributed by atoms with Crippen molar-refractivity contribution in [3.05, 3.63) is 35.4 Å². The summed E-state index contributed by atoms with van der Waals surface area (Å²) >= 11 is 0. The Morgan fingerprint density at radius 1 is 0.750 bits per heavy atom. The van der Waals surface area contributed by atoms with E-state index in [9.17, 15) is 5.11 Å². The van der Waals surface area contributed by atoms with Crippen LogP contribution in [0.1, 0.15) is 17.2 Å². The van der Waals surface area contributed by atoms with Gasteiger partial charge < -0.3 is 38.3 Å². The molecule has 1 N–H and O–H groups in total. The van der Waals surface area contributed by atoms with Crippen molar-refractivity contribution in [2.24, 2.45) is 11.8 Å². The van der Waals surface area contributed by atoms with Crippen LogP contribution in [0.3, 0.4) is 0 Å². The molecule has 1 heterocycles. The summed E-state index contributed by atoms with van der Waals surface area (Å²) in [4.78, 5) is 0. The Bertz CT molecular complexity index is 888. The summed E-state index contributed by atoms with van der Waals surface area (Å²) in [7, 11) is 9.53. The average Bonchev–Trinajstić information content (AvgIpc) is 3.24. The number of aliphatic hydroxyl groups is 1. The Hall–Kier alpha value is -2.84. The Balaban J connectivity index is 1.91. The van der Waals surface area contributed by atoms with E-state index >= 15 is 0 Å². The fraction of sp³-hybridized carbons (Fsp3) is 0.500. The Morgan fingerprint density at radius 3 is 1.81 bits per heavy atom. The molecule has 2 aromatic carbocycles. The lowest BCUT2D eigenvalue weighted by Crippen LogP contribution is -2.21. The molecule has 0 aliphatic carbocycles. The van der Waals surface area contributed by atoms with Crippen LogP contribution in [0.25, 0.3) is 0 Å². The SMILES string of the molecule is COc1cc(OC)c(OC)cc1CC1COC(c2cc(OC)c(OC)c(OC)c2)C1CO. The number of hydrogen-bond donors (Lipinski definition) is 1. The lowest BCUT2D eigenvalue weighted by molar-refractivity contribution is 0.0715. The molecule has 0 saturated carbocycles. The highest BCUT2D eigenvalue weighted by Crippen LogP contribution is 2.46. The predicted octanol–water partition coefficient (Wildman–Crippen LogP) is 3.28. The maximum atomic E-state index is 10.3. The van der Waals surface area contributed by atoms with Gasteiger partial charge in [-0.1, -0.05) is 0 Å². The lowest BCUT2D eigenvalue weighted by atomic mass is 9.84. The van der Waals surface area contributed by atoms with Crippen molar-refractivity contribution in [1.29, 1.82) is 0 Å². The van der Waals surface area contributed by atoms with Gasteiger partial charge in [-0.15, -0.1) is 0 Å². The Morgan fingerprint density at radius 2 is 1.31 bits per heavy atom. The van der Waals surface area contributed by atoms with Gasteiger partial charge in [0.05, 0.1) is 55.4 Å². The molecule has 0 spiro atoms. The normalized spacial score (nSPS) is 20.0. The van der Waals surface area contributed by atoms with Crippen molar-refractivity contribution in [1.82, 2.24) is 0 Å². The number of benzene rings is 2. The smallest absolute Gasteiger partial charge is 0.203 e. The Kier molecular flexibility index (Phi) is 7.93. The van der Waals surface area contributed by atoms with E-state index in [2.05, 4.69) is 0 Å². The number of methoxy groups -OCH3 is 6. The molecule has 0 radical (unpaired) electrons. The van der Waals surface area contributed by atoms with Crippen LogP contribution in [0.2, 0.25) is 0 Å². The molecular weight excluding hydrogens is 416 g/mol. The van der Waals surface area contributed by atoms with E-state index in [1.165, 1.54) is 0 Å². The van der Waals surface area contributed by atoms with Crippen molar-refractivity contribution in [2.45, 2.75) is 12.5 Å². The van der Waals surface area contributed by atoms with Gasteiger partial charge in [-0.3, -0.25) is 0 Å². The van der Waals surface area contributed by atoms with Gasteiger partial charge in [0, 0.05) is 18.6 Å². The number of ether oxygens (including phenoxy) is 7. The molecule has 8 heteroatoms. The summed E-state index contributed by atoms with van der Waals surface area (Å²) in [6.07, 6.45) is 0.334. The van der Waals surface area contributed by atoms with Gasteiger partial charge in [0.15, 0.2) is 23.0 Å². The molecule has 3 rings (SSSR count). The zero-order chi connectivity index (χ0) is 23.3. The van der Waals surface area contributed by atoms with Crippen LogP contribution in [-0.4, -0.2) is 61.0 Å². The first-order valence-electron chi connectivity index (χ1n) is 10.4. The van der Waals surface area contributed by atoms with Gasteiger partial charge in [-0.2, -0.15) is 0 Å². The first kappa shape index (κ1) is 23.8. The molecule has 1 aliphatic rings. The van der Waals surface area contributed by atoms with Crippen molar-refractivity contribution in [3.8, 4) is 34.5 Å². The van der Waals surface area contributed by atoms with E-state index in [1.54, 1.807) is 42.7 Å². The third kappa shape index (κ3) is 4.52. The van der Waals surface area contributed by atoms with Crippen LogP contribution in [0, 0.1) is 11.8 Å². The number of rotatable bonds is 10. The molecular formula is C24H32O8. The maximum Gasteiger partial charge on any atom is 0.203 e. The molecule has 2 aromatic rings. The van der Waals surface area contributed by atoms with Gasteiger partial charge in [-0.05, 0) is 41.7 Å². The lowest BCUT2D eigenvalue weighted by Gasteiger charge is -2.23. The zero-order valence-corrected chi connectivity index (χ0v) is 19.5. The minimum Gasteiger partial charge on any atom is -0.496 e. The fourth-order valence-corrected chi connectivity index (χ4v) is 4.32. The van der Waals surface area contributed by atoms with Crippen LogP contribution >= 0.6 is 0 Å². The molecule has 1 aliphatic heterocycles. The summed E-state index contributed by atoms with van der Waals surface area (Å²) in [6.45, 7) is 0.464. The third-order valence-corrected chi connectivity index (χ3v) is 5.98. The molecule has 3 atom stereocenters. The van der Waals surface area contributed by atoms with Crippen molar-refractivity contribution in [2.75, 3.05) is 55.9 Å². The van der Waals surface area contributed by atoms with E-state index in [4.69, 9.17) is 33.2 Å². The molecule has 32 heavy (non-hydrogen) atoms. The minimum atomic E-state index is -0.315. The molecule has 1 fully saturated rings. The second kappa shape index (κ2) is 10.7. The first-order chi connectivity index (χ1) is 15.5. The monoisotopic (exact) mass is 448 g/mol. The number of aliphatic hydroxyl groups excluding tert-OH is 1. The standard InChI is InChI=1S/C24H32O8/c1-26-18-11-20(28-3)19(27-2)8-14(18)7-16-13-32-23(17(16)12-25)15-9-21(29-4)24(31-6)22(10-15)30-5/h8-11,16-17,23,25H,7,12-13H2,1-6H3. The van der Waals surface area contributed by atoms with Gasteiger partial charge in [0.25, 0.3) is 0 Å². The summed E-state index contributed by atoms with van der Waals surface area (Å²) in [5, 5.41) is 10.3. The predicted molar refractivity (Wildman–Crippen MR) is 119 cm³/mol. The summed E-state index contributed by atoms with van der Waals surface area (Å²) in [6, 6.07) is 7.47. The van der Waals surface area contributed by atoms with E-state index < -0.39 is 0 Å². The van der Waals surface area contributed by atoms with Crippen LogP contribution in [0.5, 0.6) is 34.5 Å².